The van der Waals surface area contributed by atoms with Crippen LogP contribution in [0.1, 0.15) is 5.69 Å². The van der Waals surface area contributed by atoms with Crippen molar-refractivity contribution in [2.24, 2.45) is 0 Å². The highest BCUT2D eigenvalue weighted by Crippen LogP contribution is 2.36. The third-order valence-corrected chi connectivity index (χ3v) is 1.75. The van der Waals surface area contributed by atoms with Crippen molar-refractivity contribution >= 4 is 40.8 Å². The maximum Gasteiger partial charge on any atom is 0.232 e. The first-order valence-electron chi connectivity index (χ1n) is 3.12. The lowest BCUT2D eigenvalue weighted by Gasteiger charge is -2.09. The van der Waals surface area contributed by atoms with Crippen molar-refractivity contribution in [1.82, 2.24) is 9.97 Å². The molecule has 1 rings (SSSR count). The Morgan fingerprint density at radius 3 is 2.58 bits per heavy atom. The molecule has 0 aliphatic rings. The van der Waals surface area contributed by atoms with Crippen LogP contribution in [0.25, 0.3) is 0 Å². The summed E-state index contributed by atoms with van der Waals surface area (Å²) in [7, 11) is 1.69. The molecule has 1 aromatic heterocycles. The standard InChI is InChI=1S/C6H6Cl3N3/c1-10-5-11-3-2-4(12-5)6(7,8)9/h2-3H,1H3,(H,10,11,12). The van der Waals surface area contributed by atoms with E-state index in [9.17, 15) is 0 Å². The van der Waals surface area contributed by atoms with Crippen molar-refractivity contribution in [3.8, 4) is 0 Å². The molecule has 0 spiro atoms. The first-order valence-corrected chi connectivity index (χ1v) is 4.25. The Kier molecular flexibility index (Phi) is 2.99. The van der Waals surface area contributed by atoms with Gasteiger partial charge < -0.3 is 5.32 Å². The minimum Gasteiger partial charge on any atom is -0.357 e. The molecule has 1 aromatic rings. The van der Waals surface area contributed by atoms with Crippen LogP contribution in [0.4, 0.5) is 5.95 Å². The van der Waals surface area contributed by atoms with E-state index in [2.05, 4.69) is 15.3 Å². The molecule has 0 bridgehead atoms. The van der Waals surface area contributed by atoms with E-state index < -0.39 is 3.79 Å². The number of nitrogens with one attached hydrogen (secondary N) is 1. The topological polar surface area (TPSA) is 37.8 Å². The van der Waals surface area contributed by atoms with Crippen LogP contribution < -0.4 is 5.32 Å². The molecular weight excluding hydrogens is 220 g/mol. The van der Waals surface area contributed by atoms with Gasteiger partial charge in [-0.3, -0.25) is 0 Å². The van der Waals surface area contributed by atoms with Crippen LogP contribution in [0.3, 0.4) is 0 Å². The van der Waals surface area contributed by atoms with Crippen LogP contribution in [-0.4, -0.2) is 17.0 Å². The van der Waals surface area contributed by atoms with Crippen molar-refractivity contribution in [2.45, 2.75) is 3.79 Å². The smallest absolute Gasteiger partial charge is 0.232 e. The van der Waals surface area contributed by atoms with E-state index in [1.165, 1.54) is 6.20 Å². The Balaban J connectivity index is 3.02. The predicted octanol–water partition coefficient (Wildman–Crippen LogP) is 2.34. The Hall–Kier alpha value is -0.250. The normalized spacial score (nSPS) is 11.3. The van der Waals surface area contributed by atoms with Crippen LogP contribution in [0.2, 0.25) is 0 Å². The quantitative estimate of drug-likeness (QED) is 0.747. The highest BCUT2D eigenvalue weighted by molar-refractivity contribution is 6.66. The summed E-state index contributed by atoms with van der Waals surface area (Å²) in [5.74, 6) is 0.429. The molecular formula is C6H6Cl3N3. The SMILES string of the molecule is CNc1nccc(C(Cl)(Cl)Cl)n1. The number of anilines is 1. The third kappa shape index (κ3) is 2.37. The van der Waals surface area contributed by atoms with E-state index in [4.69, 9.17) is 34.8 Å². The minimum absolute atomic E-state index is 0.354. The van der Waals surface area contributed by atoms with E-state index in [1.807, 2.05) is 0 Å². The Bertz CT molecular complexity index is 271. The summed E-state index contributed by atoms with van der Waals surface area (Å²) in [6, 6.07) is 1.55. The monoisotopic (exact) mass is 225 g/mol. The summed E-state index contributed by atoms with van der Waals surface area (Å²) in [4.78, 5) is 7.82. The van der Waals surface area contributed by atoms with Crippen molar-refractivity contribution in [1.29, 1.82) is 0 Å². The van der Waals surface area contributed by atoms with Crippen LogP contribution in [-0.2, 0) is 3.79 Å². The molecule has 0 saturated carbocycles. The second kappa shape index (κ2) is 3.64. The van der Waals surface area contributed by atoms with E-state index in [-0.39, 0.29) is 0 Å². The van der Waals surface area contributed by atoms with Gasteiger partial charge in [0, 0.05) is 13.2 Å². The van der Waals surface area contributed by atoms with Gasteiger partial charge in [0.1, 0.15) is 0 Å². The molecule has 0 aromatic carbocycles. The molecule has 6 heteroatoms. The molecule has 3 nitrogen and oxygen atoms in total. The summed E-state index contributed by atoms with van der Waals surface area (Å²) in [5.41, 5.74) is 0.354. The van der Waals surface area contributed by atoms with Crippen molar-refractivity contribution in [3.05, 3.63) is 18.0 Å². The molecule has 0 saturated heterocycles. The molecule has 0 atom stereocenters. The summed E-state index contributed by atoms with van der Waals surface area (Å²) >= 11 is 16.8. The summed E-state index contributed by atoms with van der Waals surface area (Å²) in [5, 5.41) is 2.74. The van der Waals surface area contributed by atoms with Crippen LogP contribution in [0.5, 0.6) is 0 Å². The maximum atomic E-state index is 5.60. The van der Waals surface area contributed by atoms with Gasteiger partial charge in [-0.2, -0.15) is 0 Å². The van der Waals surface area contributed by atoms with E-state index in [0.717, 1.165) is 0 Å². The van der Waals surface area contributed by atoms with Gasteiger partial charge in [0.2, 0.25) is 9.74 Å². The fourth-order valence-corrected chi connectivity index (χ4v) is 0.953. The predicted molar refractivity (Wildman–Crippen MR) is 50.8 cm³/mol. The molecule has 0 fully saturated rings. The second-order valence-electron chi connectivity index (χ2n) is 2.01. The second-order valence-corrected chi connectivity index (χ2v) is 4.29. The fraction of sp³-hybridized carbons (Fsp3) is 0.333. The van der Waals surface area contributed by atoms with Crippen LogP contribution in [0.15, 0.2) is 12.3 Å². The summed E-state index contributed by atoms with van der Waals surface area (Å²) in [6.07, 6.45) is 1.52. The van der Waals surface area contributed by atoms with Gasteiger partial charge in [0.25, 0.3) is 0 Å². The lowest BCUT2D eigenvalue weighted by atomic mass is 10.4. The Labute approximate surface area is 85.1 Å². The van der Waals surface area contributed by atoms with Crippen LogP contribution >= 0.6 is 34.8 Å². The van der Waals surface area contributed by atoms with Gasteiger partial charge >= 0.3 is 0 Å². The highest BCUT2D eigenvalue weighted by atomic mass is 35.6. The van der Waals surface area contributed by atoms with Gasteiger partial charge in [-0.1, -0.05) is 34.8 Å². The average molecular weight is 226 g/mol. The lowest BCUT2D eigenvalue weighted by Crippen LogP contribution is -2.06. The molecule has 1 heterocycles. The molecule has 0 aliphatic heterocycles. The van der Waals surface area contributed by atoms with Gasteiger partial charge in [-0.15, -0.1) is 0 Å². The Morgan fingerprint density at radius 1 is 1.42 bits per heavy atom. The highest BCUT2D eigenvalue weighted by Gasteiger charge is 2.24. The number of hydrogen-bond acceptors (Lipinski definition) is 3. The molecule has 0 aliphatic carbocycles. The van der Waals surface area contributed by atoms with E-state index in [0.29, 0.717) is 11.6 Å². The maximum absolute atomic E-state index is 5.60. The van der Waals surface area contributed by atoms with E-state index >= 15 is 0 Å². The molecule has 12 heavy (non-hydrogen) atoms. The molecule has 1 N–H and O–H groups in total. The summed E-state index contributed by atoms with van der Waals surface area (Å²) in [6.45, 7) is 0. The Morgan fingerprint density at radius 2 is 2.08 bits per heavy atom. The summed E-state index contributed by atoms with van der Waals surface area (Å²) < 4.78 is -1.49. The first kappa shape index (κ1) is 9.84. The van der Waals surface area contributed by atoms with Crippen molar-refractivity contribution in [2.75, 3.05) is 12.4 Å². The van der Waals surface area contributed by atoms with Crippen molar-refractivity contribution < 1.29 is 0 Å². The number of rotatable bonds is 1. The molecule has 0 amide bonds. The third-order valence-electron chi connectivity index (χ3n) is 1.17. The van der Waals surface area contributed by atoms with Crippen LogP contribution in [0, 0.1) is 0 Å². The minimum atomic E-state index is -1.49. The number of nitrogens with zero attached hydrogens (tertiary/aromatic N) is 2. The molecule has 0 unspecified atom stereocenters. The largest absolute Gasteiger partial charge is 0.357 e. The number of halogens is 3. The number of aromatic nitrogens is 2. The molecule has 0 radical (unpaired) electrons. The number of alkyl halides is 3. The lowest BCUT2D eigenvalue weighted by molar-refractivity contribution is 1.03. The first-order chi connectivity index (χ1) is 5.54. The number of hydrogen-bond donors (Lipinski definition) is 1. The molecule has 66 valence electrons. The van der Waals surface area contributed by atoms with Gasteiger partial charge in [0.05, 0.1) is 5.69 Å². The zero-order valence-corrected chi connectivity index (χ0v) is 8.45. The van der Waals surface area contributed by atoms with Gasteiger partial charge in [0.15, 0.2) is 0 Å². The van der Waals surface area contributed by atoms with Gasteiger partial charge in [-0.25, -0.2) is 9.97 Å². The van der Waals surface area contributed by atoms with Crippen molar-refractivity contribution in [3.63, 3.8) is 0 Å². The van der Waals surface area contributed by atoms with Gasteiger partial charge in [-0.05, 0) is 6.07 Å². The average Bonchev–Trinajstić information content (AvgIpc) is 2.03. The fourth-order valence-electron chi connectivity index (χ4n) is 0.637. The van der Waals surface area contributed by atoms with E-state index in [1.54, 1.807) is 13.1 Å². The zero-order chi connectivity index (χ0) is 9.19. The zero-order valence-electron chi connectivity index (χ0n) is 6.18.